The Morgan fingerprint density at radius 1 is 1.19 bits per heavy atom. The fraction of sp³-hybridized carbons (Fsp3) is 0.391. The number of nitrogens with zero attached hydrogens (tertiary/aromatic N) is 5. The normalized spacial score (nSPS) is 14.5. The van der Waals surface area contributed by atoms with E-state index in [2.05, 4.69) is 20.2 Å². The van der Waals surface area contributed by atoms with Crippen molar-refractivity contribution in [3.8, 4) is 10.6 Å². The number of aromatic nitrogens is 3. The van der Waals surface area contributed by atoms with Gasteiger partial charge in [-0.15, -0.1) is 0 Å². The fourth-order valence-electron chi connectivity index (χ4n) is 3.66. The molecule has 4 heterocycles. The number of rotatable bonds is 6. The highest BCUT2D eigenvalue weighted by molar-refractivity contribution is 7.18. The molecule has 0 atom stereocenters. The lowest BCUT2D eigenvalue weighted by Crippen LogP contribution is -2.35. The van der Waals surface area contributed by atoms with Crippen LogP contribution in [-0.4, -0.2) is 52.9 Å². The number of hydrogen-bond acceptors (Lipinski definition) is 7. The van der Waals surface area contributed by atoms with Crippen molar-refractivity contribution in [1.82, 2.24) is 19.9 Å². The maximum atomic E-state index is 12.0. The highest BCUT2D eigenvalue weighted by Crippen LogP contribution is 2.33. The maximum Gasteiger partial charge on any atom is 0.222 e. The molecule has 7 nitrogen and oxygen atoms in total. The minimum absolute atomic E-state index is 0.218. The molecule has 0 saturated carbocycles. The SMILES string of the molecule is Cc1ccnc(Nc2cccc(-c3cnc(N4CCC(CC(=O)N(C)C)CC4)s3)n2)c1. The third kappa shape index (κ3) is 5.38. The van der Waals surface area contributed by atoms with Crippen LogP contribution >= 0.6 is 11.3 Å². The van der Waals surface area contributed by atoms with E-state index in [4.69, 9.17) is 4.98 Å². The second kappa shape index (κ2) is 9.43. The number of aryl methyl sites for hydroxylation is 1. The van der Waals surface area contributed by atoms with Gasteiger partial charge in [-0.05, 0) is 55.5 Å². The molecule has 31 heavy (non-hydrogen) atoms. The van der Waals surface area contributed by atoms with E-state index >= 15 is 0 Å². The topological polar surface area (TPSA) is 74.2 Å². The Hall–Kier alpha value is -3.00. The zero-order valence-electron chi connectivity index (χ0n) is 18.2. The summed E-state index contributed by atoms with van der Waals surface area (Å²) in [5.74, 6) is 2.22. The van der Waals surface area contributed by atoms with E-state index < -0.39 is 0 Å². The van der Waals surface area contributed by atoms with Crippen LogP contribution in [0, 0.1) is 12.8 Å². The Labute approximate surface area is 187 Å². The molecule has 0 aromatic carbocycles. The van der Waals surface area contributed by atoms with Gasteiger partial charge in [0.15, 0.2) is 5.13 Å². The Morgan fingerprint density at radius 3 is 2.74 bits per heavy atom. The molecular weight excluding hydrogens is 408 g/mol. The zero-order chi connectivity index (χ0) is 21.8. The van der Waals surface area contributed by atoms with Gasteiger partial charge < -0.3 is 15.1 Å². The predicted molar refractivity (Wildman–Crippen MR) is 126 cm³/mol. The van der Waals surface area contributed by atoms with Gasteiger partial charge in [0.05, 0.1) is 10.6 Å². The van der Waals surface area contributed by atoms with Crippen LogP contribution < -0.4 is 10.2 Å². The van der Waals surface area contributed by atoms with Crippen molar-refractivity contribution in [2.45, 2.75) is 26.2 Å². The molecule has 8 heteroatoms. The highest BCUT2D eigenvalue weighted by Gasteiger charge is 2.24. The van der Waals surface area contributed by atoms with Crippen LogP contribution in [0.3, 0.4) is 0 Å². The summed E-state index contributed by atoms with van der Waals surface area (Å²) in [6, 6.07) is 9.90. The number of amides is 1. The molecule has 1 aliphatic heterocycles. The molecule has 3 aromatic heterocycles. The van der Waals surface area contributed by atoms with Gasteiger partial charge >= 0.3 is 0 Å². The molecule has 1 N–H and O–H groups in total. The molecule has 0 unspecified atom stereocenters. The molecule has 0 spiro atoms. The number of nitrogens with one attached hydrogen (secondary N) is 1. The van der Waals surface area contributed by atoms with Crippen LogP contribution in [0.1, 0.15) is 24.8 Å². The van der Waals surface area contributed by atoms with Crippen molar-refractivity contribution in [3.05, 3.63) is 48.3 Å². The Bertz CT molecular complexity index is 1040. The summed E-state index contributed by atoms with van der Waals surface area (Å²) in [5.41, 5.74) is 2.04. The summed E-state index contributed by atoms with van der Waals surface area (Å²) in [6.45, 7) is 3.91. The Morgan fingerprint density at radius 2 is 2.00 bits per heavy atom. The second-order valence-electron chi connectivity index (χ2n) is 8.18. The summed E-state index contributed by atoms with van der Waals surface area (Å²) < 4.78 is 0. The summed E-state index contributed by atoms with van der Waals surface area (Å²) in [4.78, 5) is 30.8. The molecule has 1 saturated heterocycles. The van der Waals surface area contributed by atoms with Crippen LogP contribution in [0.4, 0.5) is 16.8 Å². The minimum Gasteiger partial charge on any atom is -0.349 e. The van der Waals surface area contributed by atoms with E-state index in [0.717, 1.165) is 58.8 Å². The summed E-state index contributed by atoms with van der Waals surface area (Å²) in [7, 11) is 3.65. The van der Waals surface area contributed by atoms with Gasteiger partial charge in [0, 0.05) is 46.0 Å². The van der Waals surface area contributed by atoms with E-state index in [0.29, 0.717) is 12.3 Å². The Balaban J connectivity index is 1.40. The fourth-order valence-corrected chi connectivity index (χ4v) is 4.60. The summed E-state index contributed by atoms with van der Waals surface area (Å²) >= 11 is 1.66. The monoisotopic (exact) mass is 436 g/mol. The maximum absolute atomic E-state index is 12.0. The van der Waals surface area contributed by atoms with Crippen molar-refractivity contribution >= 4 is 34.0 Å². The van der Waals surface area contributed by atoms with E-state index in [-0.39, 0.29) is 5.91 Å². The van der Waals surface area contributed by atoms with Crippen molar-refractivity contribution < 1.29 is 4.79 Å². The molecule has 1 aliphatic rings. The Kier molecular flexibility index (Phi) is 6.46. The van der Waals surface area contributed by atoms with Gasteiger partial charge in [-0.25, -0.2) is 15.0 Å². The number of hydrogen-bond donors (Lipinski definition) is 1. The summed E-state index contributed by atoms with van der Waals surface area (Å²) in [5, 5.41) is 4.30. The molecule has 0 aliphatic carbocycles. The molecule has 0 radical (unpaired) electrons. The van der Waals surface area contributed by atoms with Crippen LogP contribution in [0.25, 0.3) is 10.6 Å². The first-order valence-electron chi connectivity index (χ1n) is 10.6. The van der Waals surface area contributed by atoms with Crippen LogP contribution in [0.5, 0.6) is 0 Å². The molecule has 1 amide bonds. The highest BCUT2D eigenvalue weighted by atomic mass is 32.1. The second-order valence-corrected chi connectivity index (χ2v) is 9.19. The number of pyridine rings is 2. The van der Waals surface area contributed by atoms with Crippen molar-refractivity contribution in [1.29, 1.82) is 0 Å². The molecule has 4 rings (SSSR count). The van der Waals surface area contributed by atoms with Crippen LogP contribution in [-0.2, 0) is 4.79 Å². The first-order chi connectivity index (χ1) is 15.0. The summed E-state index contributed by atoms with van der Waals surface area (Å²) in [6.07, 6.45) is 6.38. The minimum atomic E-state index is 0.218. The number of carbonyl (C=O) groups excluding carboxylic acids is 1. The largest absolute Gasteiger partial charge is 0.349 e. The predicted octanol–water partition coefficient (Wildman–Crippen LogP) is 4.35. The lowest BCUT2D eigenvalue weighted by molar-refractivity contribution is -0.129. The van der Waals surface area contributed by atoms with Crippen molar-refractivity contribution in [3.63, 3.8) is 0 Å². The molecule has 3 aromatic rings. The molecule has 162 valence electrons. The van der Waals surface area contributed by atoms with E-state index in [1.807, 2.05) is 57.5 Å². The average Bonchev–Trinajstić information content (AvgIpc) is 3.25. The van der Waals surface area contributed by atoms with E-state index in [1.54, 1.807) is 22.4 Å². The lowest BCUT2D eigenvalue weighted by atomic mass is 9.93. The van der Waals surface area contributed by atoms with Gasteiger partial charge in [-0.1, -0.05) is 17.4 Å². The number of anilines is 3. The lowest BCUT2D eigenvalue weighted by Gasteiger charge is -2.31. The molecular formula is C23H28N6OS. The van der Waals surface area contributed by atoms with Gasteiger partial charge in [0.2, 0.25) is 5.91 Å². The van der Waals surface area contributed by atoms with Gasteiger partial charge in [-0.2, -0.15) is 0 Å². The molecule has 1 fully saturated rings. The van der Waals surface area contributed by atoms with Gasteiger partial charge in [0.25, 0.3) is 0 Å². The quantitative estimate of drug-likeness (QED) is 0.619. The first-order valence-corrected chi connectivity index (χ1v) is 11.4. The number of thiazole rings is 1. The average molecular weight is 437 g/mol. The number of carbonyl (C=O) groups is 1. The van der Waals surface area contributed by atoms with Gasteiger partial charge in [-0.3, -0.25) is 4.79 Å². The van der Waals surface area contributed by atoms with Crippen LogP contribution in [0.2, 0.25) is 0 Å². The smallest absolute Gasteiger partial charge is 0.222 e. The third-order valence-electron chi connectivity index (χ3n) is 5.51. The number of piperidine rings is 1. The van der Waals surface area contributed by atoms with E-state index in [9.17, 15) is 4.79 Å². The van der Waals surface area contributed by atoms with Crippen molar-refractivity contribution in [2.75, 3.05) is 37.4 Å². The van der Waals surface area contributed by atoms with Crippen LogP contribution in [0.15, 0.2) is 42.7 Å². The van der Waals surface area contributed by atoms with Crippen molar-refractivity contribution in [2.24, 2.45) is 5.92 Å². The van der Waals surface area contributed by atoms with E-state index in [1.165, 1.54) is 0 Å². The first kappa shape index (κ1) is 21.2. The zero-order valence-corrected chi connectivity index (χ0v) is 19.0. The third-order valence-corrected chi connectivity index (χ3v) is 6.59. The van der Waals surface area contributed by atoms with Gasteiger partial charge in [0.1, 0.15) is 11.6 Å². The standard InChI is InChI=1S/C23H28N6OS/c1-16-7-10-24-21(13-16)27-20-6-4-5-18(26-20)19-15-25-23(31-19)29-11-8-17(9-12-29)14-22(30)28(2)3/h4-7,10,13,15,17H,8-9,11-12,14H2,1-3H3,(H,24,26,27). The molecule has 0 bridgehead atoms.